The number of anilines is 1. The van der Waals surface area contributed by atoms with Crippen molar-refractivity contribution in [3.8, 4) is 0 Å². The summed E-state index contributed by atoms with van der Waals surface area (Å²) < 4.78 is 30.2. The Morgan fingerprint density at radius 1 is 1.48 bits per heavy atom. The van der Waals surface area contributed by atoms with E-state index in [1.54, 1.807) is 29.6 Å². The largest absolute Gasteiger partial charge is 0.381 e. The maximum atomic E-state index is 12.3. The van der Waals surface area contributed by atoms with Crippen molar-refractivity contribution in [2.45, 2.75) is 11.4 Å². The Labute approximate surface area is 124 Å². The first-order valence-corrected chi connectivity index (χ1v) is 8.39. The smallest absolute Gasteiger partial charge is 0.260 e. The van der Waals surface area contributed by atoms with E-state index in [2.05, 4.69) is 19.8 Å². The van der Waals surface area contributed by atoms with Gasteiger partial charge in [-0.2, -0.15) is 5.10 Å². The van der Waals surface area contributed by atoms with E-state index >= 15 is 0 Å². The Kier molecular flexibility index (Phi) is 3.39. The molecule has 9 nitrogen and oxygen atoms in total. The SMILES string of the molecule is Cn1cnc(CCNS(=O)(=O)c2c(N)nc3sccn23)n1. The maximum Gasteiger partial charge on any atom is 0.260 e. The van der Waals surface area contributed by atoms with Crippen LogP contribution in [0.1, 0.15) is 5.82 Å². The molecule has 0 aliphatic heterocycles. The second-order valence-corrected chi connectivity index (χ2v) is 6.90. The minimum atomic E-state index is -3.74. The van der Waals surface area contributed by atoms with E-state index in [9.17, 15) is 8.42 Å². The van der Waals surface area contributed by atoms with E-state index in [-0.39, 0.29) is 17.4 Å². The highest BCUT2D eigenvalue weighted by atomic mass is 32.2. The van der Waals surface area contributed by atoms with Crippen LogP contribution in [0, 0.1) is 0 Å². The van der Waals surface area contributed by atoms with Gasteiger partial charge in [-0.15, -0.1) is 11.3 Å². The number of aryl methyl sites for hydroxylation is 1. The molecule has 3 aromatic rings. The maximum absolute atomic E-state index is 12.3. The number of aromatic nitrogens is 5. The number of hydrogen-bond acceptors (Lipinski definition) is 7. The minimum absolute atomic E-state index is 0.00897. The first-order chi connectivity index (χ1) is 9.97. The summed E-state index contributed by atoms with van der Waals surface area (Å²) in [4.78, 5) is 8.60. The van der Waals surface area contributed by atoms with Gasteiger partial charge in [-0.25, -0.2) is 23.1 Å². The molecule has 3 N–H and O–H groups in total. The second kappa shape index (κ2) is 5.09. The van der Waals surface area contributed by atoms with Crippen molar-refractivity contribution in [1.29, 1.82) is 0 Å². The predicted octanol–water partition coefficient (Wildman–Crippen LogP) is -0.373. The Morgan fingerprint density at radius 3 is 3.00 bits per heavy atom. The number of rotatable bonds is 5. The van der Waals surface area contributed by atoms with Gasteiger partial charge < -0.3 is 5.73 Å². The summed E-state index contributed by atoms with van der Waals surface area (Å²) in [5.41, 5.74) is 5.70. The van der Waals surface area contributed by atoms with Gasteiger partial charge in [0, 0.05) is 31.6 Å². The lowest BCUT2D eigenvalue weighted by atomic mass is 10.4. The summed E-state index contributed by atoms with van der Waals surface area (Å²) in [6, 6.07) is 0. The Bertz CT molecular complexity index is 876. The molecule has 0 aliphatic rings. The number of imidazole rings is 1. The van der Waals surface area contributed by atoms with Gasteiger partial charge >= 0.3 is 0 Å². The van der Waals surface area contributed by atoms with E-state index in [1.165, 1.54) is 15.7 Å². The van der Waals surface area contributed by atoms with Crippen LogP contribution in [-0.2, 0) is 23.5 Å². The fourth-order valence-corrected chi connectivity index (χ4v) is 3.93. The van der Waals surface area contributed by atoms with Gasteiger partial charge in [0.15, 0.2) is 21.6 Å². The van der Waals surface area contributed by atoms with Crippen LogP contribution in [0.4, 0.5) is 5.82 Å². The number of hydrogen-bond donors (Lipinski definition) is 2. The number of nitrogen functional groups attached to an aromatic ring is 1. The third kappa shape index (κ3) is 2.62. The van der Waals surface area contributed by atoms with Crippen molar-refractivity contribution in [2.75, 3.05) is 12.3 Å². The highest BCUT2D eigenvalue weighted by molar-refractivity contribution is 7.89. The Morgan fingerprint density at radius 2 is 2.29 bits per heavy atom. The van der Waals surface area contributed by atoms with Gasteiger partial charge in [-0.05, 0) is 0 Å². The molecule has 0 aromatic carbocycles. The van der Waals surface area contributed by atoms with Crippen LogP contribution in [0.3, 0.4) is 0 Å². The fourth-order valence-electron chi connectivity index (χ4n) is 1.91. The Hall–Kier alpha value is -1.98. The van der Waals surface area contributed by atoms with Crippen LogP contribution in [-0.4, -0.2) is 39.1 Å². The van der Waals surface area contributed by atoms with Crippen molar-refractivity contribution in [3.05, 3.63) is 23.7 Å². The molecule has 11 heteroatoms. The van der Waals surface area contributed by atoms with E-state index in [0.717, 1.165) is 0 Å². The molecule has 21 heavy (non-hydrogen) atoms. The molecule has 0 radical (unpaired) electrons. The van der Waals surface area contributed by atoms with Gasteiger partial charge in [0.2, 0.25) is 0 Å². The predicted molar refractivity (Wildman–Crippen MR) is 77.4 cm³/mol. The first kappa shape index (κ1) is 14.0. The molecule has 0 aliphatic carbocycles. The van der Waals surface area contributed by atoms with Crippen molar-refractivity contribution in [2.24, 2.45) is 7.05 Å². The number of fused-ring (bicyclic) bond motifs is 1. The summed E-state index contributed by atoms with van der Waals surface area (Å²) in [5, 5.41) is 5.80. The molecule has 0 fully saturated rings. The van der Waals surface area contributed by atoms with Gasteiger partial charge in [-0.1, -0.05) is 0 Å². The van der Waals surface area contributed by atoms with Gasteiger partial charge in [0.25, 0.3) is 10.0 Å². The fraction of sp³-hybridized carbons (Fsp3) is 0.300. The normalized spacial score (nSPS) is 12.2. The van der Waals surface area contributed by atoms with Crippen LogP contribution in [0.5, 0.6) is 0 Å². The van der Waals surface area contributed by atoms with Crippen molar-refractivity contribution in [3.63, 3.8) is 0 Å². The first-order valence-electron chi connectivity index (χ1n) is 6.02. The zero-order chi connectivity index (χ0) is 15.0. The standard InChI is InChI=1S/C10H13N7O2S2/c1-16-6-12-7(15-16)2-3-13-21(18,19)9-8(11)14-10-17(9)4-5-20-10/h4-6,13H,2-3,11H2,1H3. The Balaban J connectivity index is 1.77. The average Bonchev–Trinajstić information content (AvgIpc) is 3.04. The van der Waals surface area contributed by atoms with Crippen LogP contribution in [0.15, 0.2) is 22.9 Å². The number of thiazole rings is 1. The zero-order valence-electron chi connectivity index (χ0n) is 11.1. The van der Waals surface area contributed by atoms with Crippen LogP contribution in [0.2, 0.25) is 0 Å². The summed E-state index contributed by atoms with van der Waals surface area (Å²) in [7, 11) is -1.99. The van der Waals surface area contributed by atoms with E-state index in [4.69, 9.17) is 5.73 Å². The van der Waals surface area contributed by atoms with E-state index < -0.39 is 10.0 Å². The molecule has 0 unspecified atom stereocenters. The number of nitrogens with one attached hydrogen (secondary N) is 1. The monoisotopic (exact) mass is 327 g/mol. The molecule has 112 valence electrons. The van der Waals surface area contributed by atoms with E-state index in [1.807, 2.05) is 0 Å². The highest BCUT2D eigenvalue weighted by Gasteiger charge is 2.24. The lowest BCUT2D eigenvalue weighted by molar-refractivity contribution is 0.576. The molecule has 0 amide bonds. The van der Waals surface area contributed by atoms with Crippen LogP contribution >= 0.6 is 11.3 Å². The summed E-state index contributed by atoms with van der Waals surface area (Å²) >= 11 is 1.32. The minimum Gasteiger partial charge on any atom is -0.381 e. The molecule has 3 aromatic heterocycles. The molecule has 0 bridgehead atoms. The molecule has 3 rings (SSSR count). The third-order valence-electron chi connectivity index (χ3n) is 2.79. The highest BCUT2D eigenvalue weighted by Crippen LogP contribution is 2.22. The molecular formula is C10H13N7O2S2. The summed E-state index contributed by atoms with van der Waals surface area (Å²) in [5.74, 6) is 0.562. The van der Waals surface area contributed by atoms with E-state index in [0.29, 0.717) is 17.2 Å². The van der Waals surface area contributed by atoms with Crippen molar-refractivity contribution >= 4 is 32.1 Å². The quantitative estimate of drug-likeness (QED) is 0.659. The second-order valence-electron chi connectivity index (χ2n) is 4.34. The molecular weight excluding hydrogens is 314 g/mol. The number of sulfonamides is 1. The van der Waals surface area contributed by atoms with Gasteiger partial charge in [0.1, 0.15) is 6.33 Å². The number of nitrogens with two attached hydrogens (primary N) is 1. The molecule has 3 heterocycles. The number of nitrogens with zero attached hydrogens (tertiary/aromatic N) is 5. The average molecular weight is 327 g/mol. The van der Waals surface area contributed by atoms with Crippen LogP contribution < -0.4 is 10.5 Å². The van der Waals surface area contributed by atoms with Crippen molar-refractivity contribution in [1.82, 2.24) is 28.9 Å². The molecule has 0 spiro atoms. The summed E-state index contributed by atoms with van der Waals surface area (Å²) in [6.07, 6.45) is 3.58. The zero-order valence-corrected chi connectivity index (χ0v) is 12.7. The molecule has 0 saturated carbocycles. The lowest BCUT2D eigenvalue weighted by Crippen LogP contribution is -2.28. The molecule has 0 saturated heterocycles. The molecule has 0 atom stereocenters. The topological polar surface area (TPSA) is 120 Å². The van der Waals surface area contributed by atoms with Gasteiger partial charge in [0.05, 0.1) is 0 Å². The summed E-state index contributed by atoms with van der Waals surface area (Å²) in [6.45, 7) is 0.184. The van der Waals surface area contributed by atoms with Crippen molar-refractivity contribution < 1.29 is 8.42 Å². The van der Waals surface area contributed by atoms with Gasteiger partial charge in [-0.3, -0.25) is 9.08 Å². The van der Waals surface area contributed by atoms with Crippen LogP contribution in [0.25, 0.3) is 4.96 Å². The lowest BCUT2D eigenvalue weighted by Gasteiger charge is -2.05. The third-order valence-corrected chi connectivity index (χ3v) is 5.04.